The Morgan fingerprint density at radius 3 is 2.37 bits per heavy atom. The van der Waals surface area contributed by atoms with Crippen molar-refractivity contribution in [1.29, 1.82) is 0 Å². The van der Waals surface area contributed by atoms with E-state index in [9.17, 15) is 19.4 Å². The average molecular weight is 326 g/mol. The summed E-state index contributed by atoms with van der Waals surface area (Å²) in [7, 11) is 0. The van der Waals surface area contributed by atoms with Crippen LogP contribution in [-0.2, 0) is 0 Å². The Labute approximate surface area is 116 Å². The Morgan fingerprint density at radius 1 is 1.16 bits per heavy atom. The van der Waals surface area contributed by atoms with Gasteiger partial charge >= 0.3 is 0 Å². The molecule has 0 spiro atoms. The van der Waals surface area contributed by atoms with Crippen LogP contribution >= 0.6 is 15.9 Å². The molecule has 0 saturated heterocycles. The lowest BCUT2D eigenvalue weighted by Gasteiger charge is -2.09. The van der Waals surface area contributed by atoms with Gasteiger partial charge in [0, 0.05) is 4.47 Å². The Hall–Kier alpha value is -2.08. The van der Waals surface area contributed by atoms with Gasteiger partial charge in [-0.1, -0.05) is 6.07 Å². The van der Waals surface area contributed by atoms with E-state index in [0.29, 0.717) is 10.2 Å². The van der Waals surface area contributed by atoms with Gasteiger partial charge in [0.2, 0.25) is 0 Å². The van der Waals surface area contributed by atoms with Crippen molar-refractivity contribution in [3.05, 3.63) is 52.3 Å². The van der Waals surface area contributed by atoms with Gasteiger partial charge in [0.25, 0.3) is 5.91 Å². The number of phenolic OH excluding ortho intramolecular Hbond substituents is 2. The lowest BCUT2D eigenvalue weighted by atomic mass is 10.1. The van der Waals surface area contributed by atoms with Crippen molar-refractivity contribution in [3.63, 3.8) is 0 Å². The van der Waals surface area contributed by atoms with Gasteiger partial charge in [-0.3, -0.25) is 4.79 Å². The number of rotatable bonds is 2. The van der Waals surface area contributed by atoms with Crippen molar-refractivity contribution in [3.8, 4) is 11.5 Å². The van der Waals surface area contributed by atoms with E-state index < -0.39 is 11.7 Å². The fraction of sp³-hybridized carbons (Fsp3) is 0. The molecule has 6 heteroatoms. The van der Waals surface area contributed by atoms with E-state index in [1.807, 2.05) is 0 Å². The number of hydrogen-bond donors (Lipinski definition) is 3. The molecule has 2 rings (SSSR count). The first-order chi connectivity index (χ1) is 8.99. The van der Waals surface area contributed by atoms with E-state index in [-0.39, 0.29) is 17.1 Å². The predicted molar refractivity (Wildman–Crippen MR) is 71.8 cm³/mol. The van der Waals surface area contributed by atoms with E-state index in [1.54, 1.807) is 0 Å². The first-order valence-corrected chi connectivity index (χ1v) is 6.05. The second kappa shape index (κ2) is 5.27. The highest BCUT2D eigenvalue weighted by Gasteiger charge is 2.17. The third-order valence-corrected chi connectivity index (χ3v) is 3.08. The molecular weight excluding hydrogens is 317 g/mol. The minimum absolute atomic E-state index is 0.237. The molecule has 0 heterocycles. The quantitative estimate of drug-likeness (QED) is 0.793. The molecule has 4 nitrogen and oxygen atoms in total. The number of nitrogens with one attached hydrogen (secondary N) is 1. The van der Waals surface area contributed by atoms with Crippen LogP contribution in [-0.4, -0.2) is 16.1 Å². The van der Waals surface area contributed by atoms with Crippen molar-refractivity contribution >= 4 is 27.5 Å². The zero-order valence-electron chi connectivity index (χ0n) is 9.52. The average Bonchev–Trinajstić information content (AvgIpc) is 2.32. The van der Waals surface area contributed by atoms with Crippen molar-refractivity contribution in [1.82, 2.24) is 0 Å². The molecule has 2 aromatic carbocycles. The largest absolute Gasteiger partial charge is 0.507 e. The molecule has 0 saturated carbocycles. The number of amides is 1. The van der Waals surface area contributed by atoms with Crippen LogP contribution in [0.4, 0.5) is 10.1 Å². The number of carbonyl (C=O) groups excluding carboxylic acids is 1. The summed E-state index contributed by atoms with van der Waals surface area (Å²) in [6, 6.07) is 7.73. The van der Waals surface area contributed by atoms with Crippen LogP contribution in [0.3, 0.4) is 0 Å². The number of benzene rings is 2. The second-order valence-electron chi connectivity index (χ2n) is 3.75. The van der Waals surface area contributed by atoms with Gasteiger partial charge in [-0.2, -0.15) is 0 Å². The third kappa shape index (κ3) is 2.85. The second-order valence-corrected chi connectivity index (χ2v) is 4.60. The molecule has 0 aliphatic heterocycles. The predicted octanol–water partition coefficient (Wildman–Crippen LogP) is 3.25. The van der Waals surface area contributed by atoms with Crippen molar-refractivity contribution < 1.29 is 19.4 Å². The molecule has 19 heavy (non-hydrogen) atoms. The Kier molecular flexibility index (Phi) is 3.71. The van der Waals surface area contributed by atoms with Gasteiger partial charge in [-0.05, 0) is 46.3 Å². The summed E-state index contributed by atoms with van der Waals surface area (Å²) in [5.74, 6) is -1.82. The fourth-order valence-electron chi connectivity index (χ4n) is 1.54. The van der Waals surface area contributed by atoms with E-state index in [1.165, 1.54) is 36.4 Å². The first kappa shape index (κ1) is 13.4. The Morgan fingerprint density at radius 2 is 1.79 bits per heavy atom. The molecule has 98 valence electrons. The summed E-state index contributed by atoms with van der Waals surface area (Å²) in [6.07, 6.45) is 0. The molecule has 0 aromatic heterocycles. The number of halogens is 2. The molecule has 0 bridgehead atoms. The monoisotopic (exact) mass is 325 g/mol. The highest BCUT2D eigenvalue weighted by Crippen LogP contribution is 2.29. The van der Waals surface area contributed by atoms with E-state index >= 15 is 0 Å². The van der Waals surface area contributed by atoms with Crippen LogP contribution in [0, 0.1) is 5.82 Å². The molecule has 0 radical (unpaired) electrons. The van der Waals surface area contributed by atoms with Crippen molar-refractivity contribution in [2.45, 2.75) is 0 Å². The molecular formula is C13H9BrFNO3. The van der Waals surface area contributed by atoms with Gasteiger partial charge in [-0.15, -0.1) is 0 Å². The molecule has 3 N–H and O–H groups in total. The number of carbonyl (C=O) groups is 1. The summed E-state index contributed by atoms with van der Waals surface area (Å²) in [4.78, 5) is 11.9. The Bertz CT molecular complexity index is 626. The van der Waals surface area contributed by atoms with Crippen LogP contribution in [0.15, 0.2) is 40.9 Å². The standard InChI is InChI=1S/C13H9BrFNO3/c14-8-6-7(15)4-5-9(8)16-13(19)12-10(17)2-1-3-11(12)18/h1-6,17-18H,(H,16,19). The SMILES string of the molecule is O=C(Nc1ccc(F)cc1Br)c1c(O)cccc1O. The highest BCUT2D eigenvalue weighted by atomic mass is 79.9. The molecule has 0 aliphatic rings. The topological polar surface area (TPSA) is 69.6 Å². The van der Waals surface area contributed by atoms with E-state index in [0.717, 1.165) is 0 Å². The van der Waals surface area contributed by atoms with Crippen LogP contribution in [0.5, 0.6) is 11.5 Å². The molecule has 0 fully saturated rings. The molecule has 0 atom stereocenters. The zero-order chi connectivity index (χ0) is 14.0. The number of anilines is 1. The lowest BCUT2D eigenvalue weighted by Crippen LogP contribution is -2.12. The highest BCUT2D eigenvalue weighted by molar-refractivity contribution is 9.10. The normalized spacial score (nSPS) is 10.2. The van der Waals surface area contributed by atoms with Gasteiger partial charge in [0.1, 0.15) is 22.9 Å². The van der Waals surface area contributed by atoms with E-state index in [2.05, 4.69) is 21.2 Å². The zero-order valence-corrected chi connectivity index (χ0v) is 11.1. The summed E-state index contributed by atoms with van der Waals surface area (Å²) in [6.45, 7) is 0. The minimum Gasteiger partial charge on any atom is -0.507 e. The van der Waals surface area contributed by atoms with E-state index in [4.69, 9.17) is 0 Å². The molecule has 0 unspecified atom stereocenters. The van der Waals surface area contributed by atoms with Gasteiger partial charge in [-0.25, -0.2) is 4.39 Å². The van der Waals surface area contributed by atoms with Gasteiger partial charge in [0.05, 0.1) is 5.69 Å². The maximum atomic E-state index is 12.9. The summed E-state index contributed by atoms with van der Waals surface area (Å²) >= 11 is 3.11. The van der Waals surface area contributed by atoms with Crippen LogP contribution in [0.2, 0.25) is 0 Å². The third-order valence-electron chi connectivity index (χ3n) is 2.43. The molecule has 1 amide bonds. The summed E-state index contributed by atoms with van der Waals surface area (Å²) in [5, 5.41) is 21.6. The van der Waals surface area contributed by atoms with Gasteiger partial charge in [0.15, 0.2) is 0 Å². The number of hydrogen-bond acceptors (Lipinski definition) is 3. The lowest BCUT2D eigenvalue weighted by molar-refractivity contribution is 0.102. The van der Waals surface area contributed by atoms with Crippen molar-refractivity contribution in [2.24, 2.45) is 0 Å². The number of phenols is 2. The first-order valence-electron chi connectivity index (χ1n) is 5.26. The maximum absolute atomic E-state index is 12.9. The Balaban J connectivity index is 2.31. The van der Waals surface area contributed by atoms with Gasteiger partial charge < -0.3 is 15.5 Å². The minimum atomic E-state index is -0.692. The maximum Gasteiger partial charge on any atom is 0.263 e. The molecule has 2 aromatic rings. The smallest absolute Gasteiger partial charge is 0.263 e. The summed E-state index contributed by atoms with van der Waals surface area (Å²) in [5.41, 5.74) is 0.0905. The molecule has 0 aliphatic carbocycles. The van der Waals surface area contributed by atoms with Crippen LogP contribution < -0.4 is 5.32 Å². The van der Waals surface area contributed by atoms with Crippen LogP contribution in [0.1, 0.15) is 10.4 Å². The van der Waals surface area contributed by atoms with Crippen molar-refractivity contribution in [2.75, 3.05) is 5.32 Å². The summed E-state index contributed by atoms with van der Waals surface area (Å²) < 4.78 is 13.3. The van der Waals surface area contributed by atoms with Crippen LogP contribution in [0.25, 0.3) is 0 Å². The fourth-order valence-corrected chi connectivity index (χ4v) is 1.99. The number of aromatic hydroxyl groups is 2.